The third-order valence-corrected chi connectivity index (χ3v) is 6.30. The molecule has 11 heteroatoms. The molecule has 0 fully saturated rings. The minimum atomic E-state index is -4.68. The van der Waals surface area contributed by atoms with Crippen molar-refractivity contribution in [2.75, 3.05) is 10.6 Å². The first-order valence-corrected chi connectivity index (χ1v) is 12.1. The van der Waals surface area contributed by atoms with Crippen molar-refractivity contribution in [1.82, 2.24) is 14.5 Å². The number of anilines is 2. The van der Waals surface area contributed by atoms with Gasteiger partial charge in [-0.05, 0) is 55.8 Å². The number of hydrogen-bond acceptors (Lipinski definition) is 4. The van der Waals surface area contributed by atoms with Crippen molar-refractivity contribution in [3.63, 3.8) is 0 Å². The monoisotopic (exact) mass is 545 g/mol. The van der Waals surface area contributed by atoms with Gasteiger partial charge in [-0.25, -0.2) is 4.98 Å². The van der Waals surface area contributed by atoms with E-state index in [4.69, 9.17) is 0 Å². The molecule has 2 aromatic heterocycles. The van der Waals surface area contributed by atoms with E-state index in [1.54, 1.807) is 50.4 Å². The number of aryl methyl sites for hydroxylation is 2. The molecule has 5 rings (SSSR count). The smallest absolute Gasteiger partial charge is 0.360 e. The van der Waals surface area contributed by atoms with E-state index < -0.39 is 29.3 Å². The molecule has 202 valence electrons. The van der Waals surface area contributed by atoms with E-state index in [0.717, 1.165) is 12.1 Å². The lowest BCUT2D eigenvalue weighted by Crippen LogP contribution is -2.23. The summed E-state index contributed by atoms with van der Waals surface area (Å²) in [4.78, 5) is 45.7. The van der Waals surface area contributed by atoms with Crippen LogP contribution in [0.1, 0.15) is 37.5 Å². The number of ketones is 1. The molecule has 0 unspecified atom stereocenters. The molecule has 0 bridgehead atoms. The number of nitrogens with zero attached hydrogens (tertiary/aromatic N) is 2. The Hall–Kier alpha value is -5.19. The van der Waals surface area contributed by atoms with Crippen LogP contribution in [0.15, 0.2) is 79.4 Å². The van der Waals surface area contributed by atoms with Gasteiger partial charge in [-0.1, -0.05) is 24.3 Å². The van der Waals surface area contributed by atoms with Gasteiger partial charge < -0.3 is 20.2 Å². The summed E-state index contributed by atoms with van der Waals surface area (Å²) < 4.78 is 42.2. The molecule has 0 aliphatic rings. The summed E-state index contributed by atoms with van der Waals surface area (Å²) >= 11 is 0. The fraction of sp³-hybridized carbons (Fsp3) is 0.103. The number of carbonyl (C=O) groups excluding carboxylic acids is 3. The number of para-hydroxylation sites is 1. The second-order valence-electron chi connectivity index (χ2n) is 9.20. The van der Waals surface area contributed by atoms with Crippen molar-refractivity contribution in [1.29, 1.82) is 0 Å². The van der Waals surface area contributed by atoms with Gasteiger partial charge in [-0.2, -0.15) is 13.2 Å². The van der Waals surface area contributed by atoms with Crippen molar-refractivity contribution in [3.8, 4) is 5.69 Å². The summed E-state index contributed by atoms with van der Waals surface area (Å²) in [7, 11) is 0. The number of fused-ring (bicyclic) bond motifs is 1. The molecule has 3 N–H and O–H groups in total. The van der Waals surface area contributed by atoms with E-state index >= 15 is 0 Å². The number of amides is 2. The normalized spacial score (nSPS) is 11.4. The molecular formula is C29H22F3N5O3. The number of nitrogens with one attached hydrogen (secondary N) is 3. The number of halogens is 3. The van der Waals surface area contributed by atoms with Gasteiger partial charge in [-0.15, -0.1) is 0 Å². The predicted molar refractivity (Wildman–Crippen MR) is 144 cm³/mol. The highest BCUT2D eigenvalue weighted by Gasteiger charge is 2.32. The van der Waals surface area contributed by atoms with Crippen LogP contribution in [0.5, 0.6) is 0 Å². The molecule has 0 radical (unpaired) electrons. The van der Waals surface area contributed by atoms with Crippen LogP contribution in [0, 0.1) is 13.8 Å². The number of aromatic amines is 1. The van der Waals surface area contributed by atoms with Crippen LogP contribution >= 0.6 is 0 Å². The van der Waals surface area contributed by atoms with Crippen LogP contribution in [-0.2, 0) is 11.0 Å². The first-order valence-electron chi connectivity index (χ1n) is 12.1. The Balaban J connectivity index is 1.38. The number of carbonyl (C=O) groups is 3. The summed E-state index contributed by atoms with van der Waals surface area (Å²) in [5, 5.41) is 5.74. The Labute approximate surface area is 225 Å². The lowest BCUT2D eigenvalue weighted by Gasteiger charge is -2.14. The molecule has 2 amide bonds. The molecule has 8 nitrogen and oxygen atoms in total. The van der Waals surface area contributed by atoms with Gasteiger partial charge in [0, 0.05) is 45.9 Å². The number of hydrogen-bond donors (Lipinski definition) is 3. The van der Waals surface area contributed by atoms with E-state index in [1.165, 1.54) is 35.3 Å². The minimum Gasteiger partial charge on any atom is -0.360 e. The van der Waals surface area contributed by atoms with Gasteiger partial charge in [0.2, 0.25) is 0 Å². The lowest BCUT2D eigenvalue weighted by atomic mass is 10.1. The molecular weight excluding hydrogens is 523 g/mol. The van der Waals surface area contributed by atoms with Crippen molar-refractivity contribution in [3.05, 3.63) is 107 Å². The maximum Gasteiger partial charge on any atom is 0.416 e. The van der Waals surface area contributed by atoms with Gasteiger partial charge in [0.25, 0.3) is 17.6 Å². The van der Waals surface area contributed by atoms with Crippen LogP contribution in [0.3, 0.4) is 0 Å². The molecule has 40 heavy (non-hydrogen) atoms. The van der Waals surface area contributed by atoms with E-state index in [9.17, 15) is 27.6 Å². The number of aromatic nitrogens is 3. The Bertz CT molecular complexity index is 1790. The summed E-state index contributed by atoms with van der Waals surface area (Å²) in [6.45, 7) is 3.39. The van der Waals surface area contributed by atoms with Gasteiger partial charge in [0.15, 0.2) is 0 Å². The summed E-state index contributed by atoms with van der Waals surface area (Å²) in [5.41, 5.74) is 1.50. The maximum absolute atomic E-state index is 13.6. The molecule has 0 aliphatic carbocycles. The highest BCUT2D eigenvalue weighted by molar-refractivity contribution is 6.48. The first kappa shape index (κ1) is 26.4. The number of benzene rings is 3. The van der Waals surface area contributed by atoms with Crippen LogP contribution in [0.25, 0.3) is 16.6 Å². The largest absolute Gasteiger partial charge is 0.416 e. The molecule has 0 saturated carbocycles. The molecule has 5 aromatic rings. The minimum absolute atomic E-state index is 0.119. The predicted octanol–water partition coefficient (Wildman–Crippen LogP) is 6.06. The third kappa shape index (κ3) is 5.35. The zero-order valence-corrected chi connectivity index (χ0v) is 21.3. The zero-order valence-electron chi connectivity index (χ0n) is 21.3. The topological polar surface area (TPSA) is 109 Å². The van der Waals surface area contributed by atoms with Crippen LogP contribution in [0.4, 0.5) is 24.5 Å². The molecule has 0 saturated heterocycles. The number of H-pyrrole nitrogens is 1. The molecule has 0 aliphatic heterocycles. The summed E-state index contributed by atoms with van der Waals surface area (Å²) in [5.74, 6) is -2.42. The van der Waals surface area contributed by atoms with Crippen LogP contribution in [-0.4, -0.2) is 32.1 Å². The van der Waals surface area contributed by atoms with Crippen molar-refractivity contribution in [2.45, 2.75) is 20.0 Å². The Morgan fingerprint density at radius 3 is 2.45 bits per heavy atom. The standard InChI is InChI=1S/C29H22F3N5O3/c1-16-7-8-20(12-25(16)36-28(40)26(38)23-13-33-24-6-4-3-5-22(23)24)35-27(39)18-9-19(29(30,31)32)11-21(10-18)37-14-17(2)34-15-37/h3-15,33H,1-2H3,(H,35,39)(H,36,40). The zero-order chi connectivity index (χ0) is 28.6. The highest BCUT2D eigenvalue weighted by Crippen LogP contribution is 2.32. The van der Waals surface area contributed by atoms with Crippen molar-refractivity contribution < 1.29 is 27.6 Å². The Morgan fingerprint density at radius 2 is 1.73 bits per heavy atom. The van der Waals surface area contributed by atoms with Crippen molar-refractivity contribution >= 4 is 39.9 Å². The molecule has 0 spiro atoms. The molecule has 2 heterocycles. The summed E-state index contributed by atoms with van der Waals surface area (Å²) in [6.07, 6.45) is -0.313. The fourth-order valence-electron chi connectivity index (χ4n) is 4.22. The summed E-state index contributed by atoms with van der Waals surface area (Å²) in [6, 6.07) is 14.7. The number of rotatable bonds is 6. The average Bonchev–Trinajstić information content (AvgIpc) is 3.55. The Kier molecular flexibility index (Phi) is 6.72. The van der Waals surface area contributed by atoms with Gasteiger partial charge in [0.05, 0.1) is 23.1 Å². The van der Waals surface area contributed by atoms with Gasteiger partial charge in [-0.3, -0.25) is 14.4 Å². The average molecular weight is 546 g/mol. The van der Waals surface area contributed by atoms with E-state index in [2.05, 4.69) is 20.6 Å². The second kappa shape index (κ2) is 10.2. The lowest BCUT2D eigenvalue weighted by molar-refractivity contribution is -0.137. The fourth-order valence-corrected chi connectivity index (χ4v) is 4.22. The first-order chi connectivity index (χ1) is 19.0. The maximum atomic E-state index is 13.6. The number of Topliss-reactive ketones (excluding diaryl/α,β-unsaturated/α-hetero) is 1. The van der Waals surface area contributed by atoms with E-state index in [-0.39, 0.29) is 28.2 Å². The molecule has 0 atom stereocenters. The molecule has 3 aromatic carbocycles. The van der Waals surface area contributed by atoms with E-state index in [0.29, 0.717) is 22.2 Å². The van der Waals surface area contributed by atoms with Crippen LogP contribution < -0.4 is 10.6 Å². The highest BCUT2D eigenvalue weighted by atomic mass is 19.4. The van der Waals surface area contributed by atoms with Gasteiger partial charge >= 0.3 is 6.18 Å². The SMILES string of the molecule is Cc1cn(-c2cc(C(=O)Nc3ccc(C)c(NC(=O)C(=O)c4c[nH]c5ccccc45)c3)cc(C(F)(F)F)c2)cn1. The Morgan fingerprint density at radius 1 is 0.950 bits per heavy atom. The van der Waals surface area contributed by atoms with Crippen molar-refractivity contribution in [2.24, 2.45) is 0 Å². The third-order valence-electron chi connectivity index (χ3n) is 6.30. The van der Waals surface area contributed by atoms with Crippen LogP contribution in [0.2, 0.25) is 0 Å². The second-order valence-corrected chi connectivity index (χ2v) is 9.20. The van der Waals surface area contributed by atoms with Gasteiger partial charge in [0.1, 0.15) is 0 Å². The number of imidazole rings is 1. The number of alkyl halides is 3. The van der Waals surface area contributed by atoms with E-state index in [1.807, 2.05) is 0 Å². The quantitative estimate of drug-likeness (QED) is 0.178.